The van der Waals surface area contributed by atoms with Crippen molar-refractivity contribution in [1.82, 2.24) is 30.8 Å². The molecule has 2 unspecified atom stereocenters. The zero-order chi connectivity index (χ0) is 34.9. The predicted molar refractivity (Wildman–Crippen MR) is 179 cm³/mol. The number of aromatic nitrogens is 2. The van der Waals surface area contributed by atoms with Crippen LogP contribution in [0.5, 0.6) is 0 Å². The number of ether oxygens (including phenoxy) is 1. The summed E-state index contributed by atoms with van der Waals surface area (Å²) in [6, 6.07) is 8.48. The molecule has 48 heavy (non-hydrogen) atoms. The molecule has 2 heterocycles. The van der Waals surface area contributed by atoms with Crippen LogP contribution in [0.2, 0.25) is 0 Å². The predicted octanol–water partition coefficient (Wildman–Crippen LogP) is 1.28. The quantitative estimate of drug-likeness (QED) is 0.113. The Bertz CT molecular complexity index is 1320. The molecule has 6 N–H and O–H groups in total. The molecule has 4 atom stereocenters. The highest BCUT2D eigenvalue weighted by Gasteiger charge is 2.35. The largest absolute Gasteiger partial charge is 0.480 e. The van der Waals surface area contributed by atoms with Crippen molar-refractivity contribution >= 4 is 41.4 Å². The Labute approximate surface area is 282 Å². The van der Waals surface area contributed by atoms with Gasteiger partial charge in [-0.05, 0) is 30.7 Å². The normalized spacial score (nSPS) is 17.0. The van der Waals surface area contributed by atoms with Crippen LogP contribution >= 0.6 is 16.4 Å². The summed E-state index contributed by atoms with van der Waals surface area (Å²) in [5.41, 5.74) is -0.737. The minimum absolute atomic E-state index is 0.0291. The second kappa shape index (κ2) is 20.5. The number of benzene rings is 1. The molecule has 264 valence electrons. The standard InChI is InChI=1S/C29H45BN6O10P2/c1-21(2)18-25(34-26(37)23(19-22-8-4-3-5-9-22)33-27(38)24-20-31-10-11-32-24)30-45-15-6-12-36(13-7-16-46-30)14-17-44-28(39)35-29(47-40)48(41,42)43/h3-5,8-11,20-21,23,25,29,40,47H,6-7,12-19H2,1-2H3,(H,33,38)(H,34,37)(H,35,39)(H2,41,42,43)/t23-,25-,29?/m1/s1. The fourth-order valence-corrected chi connectivity index (χ4v) is 6.00. The van der Waals surface area contributed by atoms with Crippen LogP contribution in [0.25, 0.3) is 0 Å². The Morgan fingerprint density at radius 1 is 1.06 bits per heavy atom. The van der Waals surface area contributed by atoms with Gasteiger partial charge in [-0.25, -0.2) is 9.78 Å². The van der Waals surface area contributed by atoms with Crippen molar-refractivity contribution in [1.29, 1.82) is 0 Å². The summed E-state index contributed by atoms with van der Waals surface area (Å²) >= 11 is 0. The van der Waals surface area contributed by atoms with Crippen molar-refractivity contribution in [3.05, 3.63) is 60.2 Å². The molecule has 1 aliphatic heterocycles. The third kappa shape index (κ3) is 14.2. The molecule has 19 heteroatoms. The van der Waals surface area contributed by atoms with E-state index in [9.17, 15) is 18.9 Å². The number of amides is 3. The van der Waals surface area contributed by atoms with Crippen molar-refractivity contribution in [2.24, 2.45) is 5.92 Å². The van der Waals surface area contributed by atoms with Gasteiger partial charge >= 0.3 is 20.8 Å². The van der Waals surface area contributed by atoms with Gasteiger partial charge < -0.3 is 44.7 Å². The van der Waals surface area contributed by atoms with E-state index in [1.165, 1.54) is 18.6 Å². The third-order valence-electron chi connectivity index (χ3n) is 7.24. The highest BCUT2D eigenvalue weighted by molar-refractivity contribution is 7.63. The summed E-state index contributed by atoms with van der Waals surface area (Å²) in [4.78, 5) is 76.2. The first-order chi connectivity index (χ1) is 23.0. The molecule has 3 rings (SSSR count). The van der Waals surface area contributed by atoms with Crippen LogP contribution in [0, 0.1) is 5.92 Å². The summed E-state index contributed by atoms with van der Waals surface area (Å²) in [5.74, 6) is -1.20. The number of hydrogen-bond acceptors (Lipinski definition) is 11. The lowest BCUT2D eigenvalue weighted by atomic mass is 9.73. The number of hydrogen-bond donors (Lipinski definition) is 6. The monoisotopic (exact) mass is 710 g/mol. The van der Waals surface area contributed by atoms with Crippen molar-refractivity contribution in [2.75, 3.05) is 39.5 Å². The molecular weight excluding hydrogens is 665 g/mol. The van der Waals surface area contributed by atoms with Crippen LogP contribution in [0.1, 0.15) is 49.2 Å². The minimum Gasteiger partial charge on any atom is -0.448 e. The van der Waals surface area contributed by atoms with Gasteiger partial charge in [-0.3, -0.25) is 24.0 Å². The van der Waals surface area contributed by atoms with Crippen LogP contribution in [0.3, 0.4) is 0 Å². The fraction of sp³-hybridized carbons (Fsp3) is 0.552. The Morgan fingerprint density at radius 3 is 2.33 bits per heavy atom. The van der Waals surface area contributed by atoms with Crippen molar-refractivity contribution in [3.8, 4) is 0 Å². The lowest BCUT2D eigenvalue weighted by Gasteiger charge is -2.30. The van der Waals surface area contributed by atoms with E-state index in [1.807, 2.05) is 49.5 Å². The van der Waals surface area contributed by atoms with E-state index in [-0.39, 0.29) is 30.5 Å². The topological polar surface area (TPSA) is 222 Å². The molecule has 3 amide bonds. The maximum atomic E-state index is 13.8. The van der Waals surface area contributed by atoms with Gasteiger partial charge in [0.15, 0.2) is 5.52 Å². The Morgan fingerprint density at radius 2 is 1.75 bits per heavy atom. The molecular formula is C29H45BN6O10P2. The molecule has 1 aliphatic rings. The smallest absolute Gasteiger partial charge is 0.448 e. The van der Waals surface area contributed by atoms with Crippen molar-refractivity contribution in [2.45, 2.75) is 57.0 Å². The maximum absolute atomic E-state index is 13.8. The van der Waals surface area contributed by atoms with E-state index >= 15 is 0 Å². The molecule has 2 aromatic rings. The Hall–Kier alpha value is -3.01. The van der Waals surface area contributed by atoms with E-state index in [0.717, 1.165) is 5.56 Å². The van der Waals surface area contributed by atoms with Crippen molar-refractivity contribution in [3.63, 3.8) is 0 Å². The van der Waals surface area contributed by atoms with Gasteiger partial charge in [-0.15, -0.1) is 0 Å². The second-order valence-corrected chi connectivity index (χ2v) is 14.6. The van der Waals surface area contributed by atoms with Gasteiger partial charge in [0, 0.05) is 60.5 Å². The van der Waals surface area contributed by atoms with Crippen LogP contribution in [0.15, 0.2) is 48.9 Å². The molecule has 0 saturated carbocycles. The number of nitrogens with zero attached hydrogens (tertiary/aromatic N) is 3. The van der Waals surface area contributed by atoms with Crippen LogP contribution in [-0.4, -0.2) is 112 Å². The lowest BCUT2D eigenvalue weighted by molar-refractivity contribution is -0.123. The highest BCUT2D eigenvalue weighted by Crippen LogP contribution is 2.46. The number of carbonyl (C=O) groups excluding carboxylic acids is 3. The number of rotatable bonds is 15. The SMILES string of the molecule is CC(C)C[C@@H](NC(=O)[C@@H](Cc1ccccc1)NC(=O)c1cnccn1)B1OCCCN(CCOC(=O)NC(PO)P(=O)(O)O)CCCO1. The van der Waals surface area contributed by atoms with Gasteiger partial charge in [0.2, 0.25) is 5.91 Å². The van der Waals surface area contributed by atoms with E-state index in [4.69, 9.17) is 28.7 Å². The van der Waals surface area contributed by atoms with E-state index < -0.39 is 53.0 Å². The molecule has 1 aromatic carbocycles. The Balaban J connectivity index is 1.58. The second-order valence-electron chi connectivity index (χ2n) is 11.6. The van der Waals surface area contributed by atoms with Crippen molar-refractivity contribution < 1.29 is 47.7 Å². The van der Waals surface area contributed by atoms with Gasteiger partial charge in [0.05, 0.1) is 12.1 Å². The summed E-state index contributed by atoms with van der Waals surface area (Å²) in [6.45, 7) is 6.30. The summed E-state index contributed by atoms with van der Waals surface area (Å²) in [6.07, 6.45) is 5.24. The molecule has 1 fully saturated rings. The van der Waals surface area contributed by atoms with E-state index in [0.29, 0.717) is 52.1 Å². The van der Waals surface area contributed by atoms with Gasteiger partial charge in [-0.2, -0.15) is 0 Å². The summed E-state index contributed by atoms with van der Waals surface area (Å²) in [7, 11) is -6.61. The van der Waals surface area contributed by atoms with Gasteiger partial charge in [-0.1, -0.05) is 44.2 Å². The fourth-order valence-electron chi connectivity index (χ4n) is 4.94. The number of alkyl carbamates (subject to hydrolysis) is 1. The van der Waals surface area contributed by atoms with Crippen LogP contribution in [0.4, 0.5) is 4.79 Å². The molecule has 0 radical (unpaired) electrons. The zero-order valence-electron chi connectivity index (χ0n) is 27.1. The van der Waals surface area contributed by atoms with Gasteiger partial charge in [0.25, 0.3) is 5.91 Å². The molecule has 1 aromatic heterocycles. The van der Waals surface area contributed by atoms with Crippen LogP contribution in [-0.2, 0) is 29.8 Å². The zero-order valence-corrected chi connectivity index (χ0v) is 29.0. The third-order valence-corrected chi connectivity index (χ3v) is 9.78. The minimum atomic E-state index is -4.71. The van der Waals surface area contributed by atoms with E-state index in [2.05, 4.69) is 25.5 Å². The van der Waals surface area contributed by atoms with E-state index in [1.54, 1.807) is 0 Å². The molecule has 1 saturated heterocycles. The molecule has 0 bridgehead atoms. The van der Waals surface area contributed by atoms with Crippen LogP contribution < -0.4 is 16.0 Å². The average molecular weight is 710 g/mol. The highest BCUT2D eigenvalue weighted by atomic mass is 31.2. The molecule has 16 nitrogen and oxygen atoms in total. The first kappa shape index (κ1) is 39.4. The lowest BCUT2D eigenvalue weighted by Crippen LogP contribution is -2.56. The first-order valence-corrected chi connectivity index (χ1v) is 18.4. The maximum Gasteiger partial charge on any atom is 0.480 e. The first-order valence-electron chi connectivity index (χ1n) is 15.7. The summed E-state index contributed by atoms with van der Waals surface area (Å²) < 4.78 is 28.7. The number of nitrogens with one attached hydrogen (secondary N) is 3. The molecule has 0 spiro atoms. The summed E-state index contributed by atoms with van der Waals surface area (Å²) in [5, 5.41) is 7.88. The Kier molecular flexibility index (Phi) is 16.8. The number of carbonyl (C=O) groups is 3. The molecule has 0 aliphatic carbocycles. The average Bonchev–Trinajstić information content (AvgIpc) is 3.05. The van der Waals surface area contributed by atoms with Gasteiger partial charge in [0.1, 0.15) is 18.3 Å².